The minimum Gasteiger partial charge on any atom is -0.494 e. The highest BCUT2D eigenvalue weighted by Crippen LogP contribution is 2.36. The van der Waals surface area contributed by atoms with Crippen LogP contribution in [0.15, 0.2) is 12.1 Å². The van der Waals surface area contributed by atoms with E-state index in [4.69, 9.17) is 10.5 Å². The minimum atomic E-state index is -0.409. The number of hydrogen-bond acceptors (Lipinski definition) is 4. The predicted octanol–water partition coefficient (Wildman–Crippen LogP) is 3.14. The van der Waals surface area contributed by atoms with Gasteiger partial charge in [0.1, 0.15) is 0 Å². The van der Waals surface area contributed by atoms with Crippen LogP contribution in [-0.2, 0) is 0 Å². The van der Waals surface area contributed by atoms with Crippen LogP contribution in [0.1, 0.15) is 20.3 Å². The summed E-state index contributed by atoms with van der Waals surface area (Å²) in [6.07, 6.45) is 1.08. The number of nitrogens with zero attached hydrogens (tertiary/aromatic N) is 1. The topological polar surface area (TPSA) is 38.5 Å². The van der Waals surface area contributed by atoms with Gasteiger partial charge < -0.3 is 15.4 Å². The van der Waals surface area contributed by atoms with Crippen molar-refractivity contribution in [3.05, 3.63) is 17.9 Å². The molecule has 1 heterocycles. The van der Waals surface area contributed by atoms with E-state index < -0.39 is 5.82 Å². The van der Waals surface area contributed by atoms with E-state index in [0.717, 1.165) is 31.0 Å². The molecule has 0 saturated carbocycles. The summed E-state index contributed by atoms with van der Waals surface area (Å²) in [5, 5.41) is 0. The smallest absolute Gasteiger partial charge is 0.167 e. The molecule has 2 N–H and O–H groups in total. The Morgan fingerprint density at radius 3 is 2.79 bits per heavy atom. The Morgan fingerprint density at radius 1 is 1.37 bits per heavy atom. The van der Waals surface area contributed by atoms with Crippen molar-refractivity contribution in [3.63, 3.8) is 0 Å². The lowest BCUT2D eigenvalue weighted by Gasteiger charge is -2.26. The van der Waals surface area contributed by atoms with E-state index in [0.29, 0.717) is 5.69 Å². The van der Waals surface area contributed by atoms with Gasteiger partial charge in [0.05, 0.1) is 18.5 Å². The maximum absolute atomic E-state index is 13.6. The lowest BCUT2D eigenvalue weighted by atomic mass is 10.1. The molecule has 3 nitrogen and oxygen atoms in total. The van der Waals surface area contributed by atoms with E-state index in [1.54, 1.807) is 6.07 Å². The van der Waals surface area contributed by atoms with Crippen LogP contribution in [0, 0.1) is 5.82 Å². The molecule has 2 rings (SSSR count). The lowest BCUT2D eigenvalue weighted by molar-refractivity contribution is 0.386. The van der Waals surface area contributed by atoms with Crippen molar-refractivity contribution in [3.8, 4) is 5.75 Å². The monoisotopic (exact) mass is 284 g/mol. The summed E-state index contributed by atoms with van der Waals surface area (Å²) < 4.78 is 18.9. The second kappa shape index (κ2) is 5.49. The molecule has 5 heteroatoms. The SMILES string of the molecule is COc1cc(N2CCSC(C)(C)CC2)c(N)cc1F. The van der Waals surface area contributed by atoms with E-state index in [1.165, 1.54) is 13.2 Å². The lowest BCUT2D eigenvalue weighted by Crippen LogP contribution is -2.27. The number of anilines is 2. The first-order chi connectivity index (χ1) is 8.93. The second-order valence-corrected chi connectivity index (χ2v) is 7.19. The fourth-order valence-corrected chi connectivity index (χ4v) is 3.35. The molecule has 19 heavy (non-hydrogen) atoms. The van der Waals surface area contributed by atoms with Crippen molar-refractivity contribution in [1.82, 2.24) is 0 Å². The first-order valence-electron chi connectivity index (χ1n) is 6.45. The van der Waals surface area contributed by atoms with E-state index in [2.05, 4.69) is 18.7 Å². The number of ether oxygens (including phenoxy) is 1. The zero-order chi connectivity index (χ0) is 14.0. The quantitative estimate of drug-likeness (QED) is 0.847. The number of thioether (sulfide) groups is 1. The van der Waals surface area contributed by atoms with Gasteiger partial charge in [0, 0.05) is 35.7 Å². The first kappa shape index (κ1) is 14.3. The summed E-state index contributed by atoms with van der Waals surface area (Å²) in [5.74, 6) is 0.889. The molecule has 1 aliphatic rings. The molecule has 0 spiro atoms. The molecule has 0 aromatic heterocycles. The van der Waals surface area contributed by atoms with Crippen molar-refractivity contribution in [2.45, 2.75) is 25.0 Å². The largest absolute Gasteiger partial charge is 0.494 e. The van der Waals surface area contributed by atoms with Crippen molar-refractivity contribution in [2.75, 3.05) is 36.6 Å². The van der Waals surface area contributed by atoms with Gasteiger partial charge in [0.25, 0.3) is 0 Å². The molecular weight excluding hydrogens is 263 g/mol. The average molecular weight is 284 g/mol. The number of nitrogen functional groups attached to an aromatic ring is 1. The van der Waals surface area contributed by atoms with Crippen molar-refractivity contribution < 1.29 is 9.13 Å². The number of benzene rings is 1. The first-order valence-corrected chi connectivity index (χ1v) is 7.43. The van der Waals surface area contributed by atoms with Crippen LogP contribution >= 0.6 is 11.8 Å². The van der Waals surface area contributed by atoms with Gasteiger partial charge in [-0.2, -0.15) is 11.8 Å². The highest BCUT2D eigenvalue weighted by atomic mass is 32.2. The van der Waals surface area contributed by atoms with Crippen molar-refractivity contribution >= 4 is 23.1 Å². The molecule has 1 fully saturated rings. The van der Waals surface area contributed by atoms with Gasteiger partial charge in [-0.25, -0.2) is 4.39 Å². The Kier molecular flexibility index (Phi) is 4.13. The number of rotatable bonds is 2. The molecule has 1 aromatic rings. The molecule has 0 unspecified atom stereocenters. The molecule has 0 bridgehead atoms. The van der Waals surface area contributed by atoms with Gasteiger partial charge in [0.15, 0.2) is 11.6 Å². The van der Waals surface area contributed by atoms with Crippen LogP contribution in [0.4, 0.5) is 15.8 Å². The predicted molar refractivity (Wildman–Crippen MR) is 80.7 cm³/mol. The fraction of sp³-hybridized carbons (Fsp3) is 0.571. The van der Waals surface area contributed by atoms with E-state index in [9.17, 15) is 4.39 Å². The van der Waals surface area contributed by atoms with Crippen LogP contribution in [0.5, 0.6) is 5.75 Å². The third-order valence-corrected chi connectivity index (χ3v) is 4.85. The van der Waals surface area contributed by atoms with Gasteiger partial charge in [0.2, 0.25) is 0 Å². The Hall–Kier alpha value is -1.10. The molecular formula is C14H21FN2OS. The third kappa shape index (κ3) is 3.26. The summed E-state index contributed by atoms with van der Waals surface area (Å²) in [6, 6.07) is 3.05. The van der Waals surface area contributed by atoms with Crippen molar-refractivity contribution in [2.24, 2.45) is 0 Å². The maximum atomic E-state index is 13.6. The highest BCUT2D eigenvalue weighted by Gasteiger charge is 2.25. The zero-order valence-corrected chi connectivity index (χ0v) is 12.5. The normalized spacial score (nSPS) is 19.1. The molecule has 0 aliphatic carbocycles. The zero-order valence-electron chi connectivity index (χ0n) is 11.7. The number of halogens is 1. The Bertz CT molecular complexity index is 465. The molecule has 106 valence electrons. The third-order valence-electron chi connectivity index (χ3n) is 3.48. The molecule has 0 amide bonds. The van der Waals surface area contributed by atoms with Crippen LogP contribution in [0.3, 0.4) is 0 Å². The summed E-state index contributed by atoms with van der Waals surface area (Å²) >= 11 is 1.97. The average Bonchev–Trinajstić information content (AvgIpc) is 2.51. The number of hydrogen-bond donors (Lipinski definition) is 1. The van der Waals surface area contributed by atoms with E-state index >= 15 is 0 Å². The van der Waals surface area contributed by atoms with Crippen molar-refractivity contribution in [1.29, 1.82) is 0 Å². The molecule has 1 saturated heterocycles. The van der Waals surface area contributed by atoms with Crippen LogP contribution in [0.25, 0.3) is 0 Å². The summed E-state index contributed by atoms with van der Waals surface area (Å²) in [6.45, 7) is 6.37. The van der Waals surface area contributed by atoms with Gasteiger partial charge in [-0.1, -0.05) is 13.8 Å². The summed E-state index contributed by atoms with van der Waals surface area (Å²) in [5.41, 5.74) is 7.30. The fourth-order valence-electron chi connectivity index (χ4n) is 2.25. The number of nitrogens with two attached hydrogens (primary N) is 1. The Balaban J connectivity index is 2.26. The van der Waals surface area contributed by atoms with E-state index in [-0.39, 0.29) is 10.5 Å². The molecule has 0 radical (unpaired) electrons. The number of methoxy groups -OCH3 is 1. The van der Waals surface area contributed by atoms with Crippen LogP contribution in [0.2, 0.25) is 0 Å². The second-order valence-electron chi connectivity index (χ2n) is 5.39. The Labute approximate surface area is 118 Å². The van der Waals surface area contributed by atoms with Crippen LogP contribution < -0.4 is 15.4 Å². The van der Waals surface area contributed by atoms with Gasteiger partial charge in [-0.05, 0) is 6.42 Å². The van der Waals surface area contributed by atoms with E-state index in [1.807, 2.05) is 11.8 Å². The molecule has 1 aromatic carbocycles. The minimum absolute atomic E-state index is 0.250. The standard InChI is InChI=1S/C14H21FN2OS/c1-14(2)4-5-17(6-7-19-14)12-9-13(18-3)10(15)8-11(12)16/h8-9H,4-7,16H2,1-3H3. The van der Waals surface area contributed by atoms with Gasteiger partial charge >= 0.3 is 0 Å². The Morgan fingerprint density at radius 2 is 2.11 bits per heavy atom. The van der Waals surface area contributed by atoms with Gasteiger partial charge in [-0.15, -0.1) is 0 Å². The maximum Gasteiger partial charge on any atom is 0.167 e. The summed E-state index contributed by atoms with van der Waals surface area (Å²) in [7, 11) is 1.47. The highest BCUT2D eigenvalue weighted by molar-refractivity contribution is 8.00. The molecule has 0 atom stereocenters. The summed E-state index contributed by atoms with van der Waals surface area (Å²) in [4.78, 5) is 2.22. The van der Waals surface area contributed by atoms with Crippen LogP contribution in [-0.4, -0.2) is 30.7 Å². The van der Waals surface area contributed by atoms with Gasteiger partial charge in [-0.3, -0.25) is 0 Å². The molecule has 1 aliphatic heterocycles.